The van der Waals surface area contributed by atoms with Crippen LogP contribution in [0.3, 0.4) is 0 Å². The SMILES string of the molecule is Clc1ccc2c(c1)N(CCCN1CCNCC1)c1ccccc1O2. The maximum atomic E-state index is 6.23. The molecule has 2 aliphatic heterocycles. The summed E-state index contributed by atoms with van der Waals surface area (Å²) in [5, 5.41) is 4.14. The number of para-hydroxylation sites is 2. The van der Waals surface area contributed by atoms with Crippen molar-refractivity contribution in [3.63, 3.8) is 0 Å². The van der Waals surface area contributed by atoms with Crippen LogP contribution in [0.4, 0.5) is 11.4 Å². The van der Waals surface area contributed by atoms with Gasteiger partial charge in [0.1, 0.15) is 0 Å². The highest BCUT2D eigenvalue weighted by Gasteiger charge is 2.24. The molecule has 4 rings (SSSR count). The fourth-order valence-electron chi connectivity index (χ4n) is 3.43. The number of rotatable bonds is 4. The number of piperazine rings is 1. The molecule has 0 radical (unpaired) electrons. The maximum Gasteiger partial charge on any atom is 0.151 e. The Labute approximate surface area is 148 Å². The summed E-state index contributed by atoms with van der Waals surface area (Å²) in [5.74, 6) is 1.79. The fourth-order valence-corrected chi connectivity index (χ4v) is 3.60. The number of hydrogen-bond donors (Lipinski definition) is 1. The van der Waals surface area contributed by atoms with E-state index in [1.807, 2.05) is 30.3 Å². The monoisotopic (exact) mass is 343 g/mol. The zero-order valence-electron chi connectivity index (χ0n) is 13.7. The topological polar surface area (TPSA) is 27.7 Å². The molecule has 2 aromatic carbocycles. The van der Waals surface area contributed by atoms with E-state index in [-0.39, 0.29) is 0 Å². The van der Waals surface area contributed by atoms with Crippen LogP contribution < -0.4 is 15.0 Å². The van der Waals surface area contributed by atoms with Crippen molar-refractivity contribution in [1.29, 1.82) is 0 Å². The Kier molecular flexibility index (Phi) is 4.60. The third kappa shape index (κ3) is 3.22. The van der Waals surface area contributed by atoms with Crippen LogP contribution in [-0.4, -0.2) is 44.2 Å². The lowest BCUT2D eigenvalue weighted by molar-refractivity contribution is 0.239. The minimum atomic E-state index is 0.740. The van der Waals surface area contributed by atoms with Crippen molar-refractivity contribution in [2.24, 2.45) is 0 Å². The van der Waals surface area contributed by atoms with Crippen LogP contribution in [0.15, 0.2) is 42.5 Å². The summed E-state index contributed by atoms with van der Waals surface area (Å²) in [4.78, 5) is 4.87. The molecule has 0 aromatic heterocycles. The number of anilines is 2. The van der Waals surface area contributed by atoms with Gasteiger partial charge >= 0.3 is 0 Å². The number of halogens is 1. The molecule has 0 unspecified atom stereocenters. The summed E-state index contributed by atoms with van der Waals surface area (Å²) in [6.07, 6.45) is 1.11. The Bertz CT molecular complexity index is 716. The molecule has 2 aliphatic rings. The molecule has 1 N–H and O–H groups in total. The Morgan fingerprint density at radius 2 is 1.75 bits per heavy atom. The van der Waals surface area contributed by atoms with E-state index < -0.39 is 0 Å². The first-order chi connectivity index (χ1) is 11.8. The minimum Gasteiger partial charge on any atom is -0.453 e. The second kappa shape index (κ2) is 7.01. The minimum absolute atomic E-state index is 0.740. The van der Waals surface area contributed by atoms with Gasteiger partial charge in [-0.2, -0.15) is 0 Å². The highest BCUT2D eigenvalue weighted by atomic mass is 35.5. The Hall–Kier alpha value is -1.75. The van der Waals surface area contributed by atoms with E-state index in [1.165, 1.54) is 0 Å². The van der Waals surface area contributed by atoms with Gasteiger partial charge in [-0.15, -0.1) is 0 Å². The van der Waals surface area contributed by atoms with Crippen molar-refractivity contribution < 1.29 is 4.74 Å². The Morgan fingerprint density at radius 1 is 0.958 bits per heavy atom. The van der Waals surface area contributed by atoms with Gasteiger partial charge in [0.25, 0.3) is 0 Å². The zero-order chi connectivity index (χ0) is 16.4. The highest BCUT2D eigenvalue weighted by Crippen LogP contribution is 2.47. The van der Waals surface area contributed by atoms with E-state index in [9.17, 15) is 0 Å². The average Bonchev–Trinajstić information content (AvgIpc) is 2.62. The van der Waals surface area contributed by atoms with E-state index in [0.29, 0.717) is 0 Å². The summed E-state index contributed by atoms with van der Waals surface area (Å²) < 4.78 is 6.04. The molecule has 0 spiro atoms. The van der Waals surface area contributed by atoms with Gasteiger partial charge < -0.3 is 19.9 Å². The van der Waals surface area contributed by atoms with E-state index in [0.717, 1.165) is 73.6 Å². The molecule has 1 saturated heterocycles. The predicted molar refractivity (Wildman–Crippen MR) is 98.9 cm³/mol. The van der Waals surface area contributed by atoms with Gasteiger partial charge in [0.15, 0.2) is 11.5 Å². The number of ether oxygens (including phenoxy) is 1. The first-order valence-corrected chi connectivity index (χ1v) is 8.96. The van der Waals surface area contributed by atoms with Crippen LogP contribution in [0.25, 0.3) is 0 Å². The van der Waals surface area contributed by atoms with Crippen molar-refractivity contribution in [3.05, 3.63) is 47.5 Å². The number of fused-ring (bicyclic) bond motifs is 2. The van der Waals surface area contributed by atoms with Crippen LogP contribution in [0, 0.1) is 0 Å². The first kappa shape index (κ1) is 15.8. The Morgan fingerprint density at radius 3 is 2.62 bits per heavy atom. The lowest BCUT2D eigenvalue weighted by Crippen LogP contribution is -2.44. The first-order valence-electron chi connectivity index (χ1n) is 8.58. The normalized spacial score (nSPS) is 17.1. The molecule has 2 aromatic rings. The predicted octanol–water partition coefficient (Wildman–Crippen LogP) is 3.88. The standard InChI is InChI=1S/C19H22ClN3O/c20-15-6-7-19-17(14-15)23(16-4-1-2-5-18(16)24-19)11-3-10-22-12-8-21-9-13-22/h1-2,4-7,14,21H,3,8-13H2. The van der Waals surface area contributed by atoms with Gasteiger partial charge in [-0.1, -0.05) is 23.7 Å². The molecule has 0 amide bonds. The van der Waals surface area contributed by atoms with Gasteiger partial charge in [-0.05, 0) is 43.3 Å². The smallest absolute Gasteiger partial charge is 0.151 e. The average molecular weight is 344 g/mol. The largest absolute Gasteiger partial charge is 0.453 e. The van der Waals surface area contributed by atoms with Gasteiger partial charge in [0.2, 0.25) is 0 Å². The van der Waals surface area contributed by atoms with Crippen molar-refractivity contribution in [2.45, 2.75) is 6.42 Å². The van der Waals surface area contributed by atoms with Crippen molar-refractivity contribution in [3.8, 4) is 11.5 Å². The summed E-state index contributed by atoms with van der Waals surface area (Å²) in [5.41, 5.74) is 2.18. The van der Waals surface area contributed by atoms with Gasteiger partial charge in [0, 0.05) is 37.7 Å². The lowest BCUT2D eigenvalue weighted by Gasteiger charge is -2.34. The number of nitrogens with zero attached hydrogens (tertiary/aromatic N) is 2. The fraction of sp³-hybridized carbons (Fsp3) is 0.368. The van der Waals surface area contributed by atoms with E-state index in [4.69, 9.17) is 16.3 Å². The molecular formula is C19H22ClN3O. The van der Waals surface area contributed by atoms with Crippen molar-refractivity contribution in [1.82, 2.24) is 10.2 Å². The summed E-state index contributed by atoms with van der Waals surface area (Å²) in [6.45, 7) is 6.55. The Balaban J connectivity index is 1.53. The van der Waals surface area contributed by atoms with E-state index in [1.54, 1.807) is 0 Å². The van der Waals surface area contributed by atoms with E-state index in [2.05, 4.69) is 27.2 Å². The number of hydrogen-bond acceptors (Lipinski definition) is 4. The molecule has 0 bridgehead atoms. The quantitative estimate of drug-likeness (QED) is 0.911. The van der Waals surface area contributed by atoms with Crippen molar-refractivity contribution in [2.75, 3.05) is 44.2 Å². The molecule has 2 heterocycles. The summed E-state index contributed by atoms with van der Waals surface area (Å²) >= 11 is 6.23. The highest BCUT2D eigenvalue weighted by molar-refractivity contribution is 6.31. The van der Waals surface area contributed by atoms with Crippen LogP contribution in [0.2, 0.25) is 5.02 Å². The molecule has 0 atom stereocenters. The molecule has 0 aliphatic carbocycles. The zero-order valence-corrected chi connectivity index (χ0v) is 14.4. The molecule has 0 saturated carbocycles. The third-order valence-corrected chi connectivity index (χ3v) is 4.89. The third-order valence-electron chi connectivity index (χ3n) is 4.65. The molecule has 5 heteroatoms. The van der Waals surface area contributed by atoms with Gasteiger partial charge in [-0.3, -0.25) is 0 Å². The molecule has 4 nitrogen and oxygen atoms in total. The number of nitrogens with one attached hydrogen (secondary N) is 1. The second-order valence-electron chi connectivity index (χ2n) is 6.28. The summed E-state index contributed by atoms with van der Waals surface area (Å²) in [6, 6.07) is 14.0. The van der Waals surface area contributed by atoms with E-state index >= 15 is 0 Å². The summed E-state index contributed by atoms with van der Waals surface area (Å²) in [7, 11) is 0. The second-order valence-corrected chi connectivity index (χ2v) is 6.72. The van der Waals surface area contributed by atoms with Crippen molar-refractivity contribution >= 4 is 23.0 Å². The van der Waals surface area contributed by atoms with Crippen LogP contribution in [-0.2, 0) is 0 Å². The maximum absolute atomic E-state index is 6.23. The van der Waals surface area contributed by atoms with Gasteiger partial charge in [-0.25, -0.2) is 0 Å². The molecule has 1 fully saturated rings. The van der Waals surface area contributed by atoms with Crippen LogP contribution in [0.5, 0.6) is 11.5 Å². The molecule has 24 heavy (non-hydrogen) atoms. The number of benzene rings is 2. The van der Waals surface area contributed by atoms with Crippen LogP contribution in [0.1, 0.15) is 6.42 Å². The molecular weight excluding hydrogens is 322 g/mol. The van der Waals surface area contributed by atoms with Crippen LogP contribution >= 0.6 is 11.6 Å². The molecule has 126 valence electrons. The van der Waals surface area contributed by atoms with Gasteiger partial charge in [0.05, 0.1) is 11.4 Å². The lowest BCUT2D eigenvalue weighted by atomic mass is 10.1.